The highest BCUT2D eigenvalue weighted by Gasteiger charge is 2.24. The zero-order valence-electron chi connectivity index (χ0n) is 26.6. The summed E-state index contributed by atoms with van der Waals surface area (Å²) in [6.07, 6.45) is 2.06. The Bertz CT molecular complexity index is 2020. The molecule has 5 rings (SSSR count). The van der Waals surface area contributed by atoms with Crippen molar-refractivity contribution >= 4 is 58.5 Å². The van der Waals surface area contributed by atoms with Gasteiger partial charge in [-0.25, -0.2) is 4.68 Å². The fraction of sp³-hybridized carbons (Fsp3) is 0.135. The Labute approximate surface area is 287 Å². The third-order valence-corrected chi connectivity index (χ3v) is 9.16. The predicted octanol–water partition coefficient (Wildman–Crippen LogP) is 7.06. The number of benzene rings is 4. The van der Waals surface area contributed by atoms with Crippen molar-refractivity contribution in [2.24, 2.45) is 7.05 Å². The standard InChI is InChI=1S/C37H34ClN5O4S/c1-4-32(36(46)41-33-24(2)42(3)43(37(33)47)29-15-9-6-10-16-29)48-30-17-11-14-28(23-30)39-35(45)31(22-25-18-20-27(38)21-19-25)40-34(44)26-12-7-5-8-13-26/h5-23,32H,4H2,1-3H3,(H,39,45)(H,40,44)(H,41,46)/b31-22+. The molecule has 0 bridgehead atoms. The van der Waals surface area contributed by atoms with E-state index in [9.17, 15) is 19.2 Å². The minimum absolute atomic E-state index is 0.0365. The second-order valence-corrected chi connectivity index (χ2v) is 12.6. The van der Waals surface area contributed by atoms with Crippen LogP contribution in [0.25, 0.3) is 11.8 Å². The number of nitrogens with zero attached hydrogens (tertiary/aromatic N) is 2. The van der Waals surface area contributed by atoms with Crippen molar-refractivity contribution in [1.82, 2.24) is 14.7 Å². The van der Waals surface area contributed by atoms with E-state index in [1.54, 1.807) is 97.5 Å². The lowest BCUT2D eigenvalue weighted by atomic mass is 10.1. The summed E-state index contributed by atoms with van der Waals surface area (Å²) < 4.78 is 3.23. The molecule has 3 amide bonds. The highest BCUT2D eigenvalue weighted by Crippen LogP contribution is 2.29. The van der Waals surface area contributed by atoms with Crippen LogP contribution in [-0.4, -0.2) is 32.3 Å². The second-order valence-electron chi connectivity index (χ2n) is 10.9. The second kappa shape index (κ2) is 15.5. The molecule has 0 aliphatic rings. The van der Waals surface area contributed by atoms with Crippen LogP contribution in [0.1, 0.15) is 35.0 Å². The number of thioether (sulfide) groups is 1. The molecule has 9 nitrogen and oxygen atoms in total. The summed E-state index contributed by atoms with van der Waals surface area (Å²) in [5, 5.41) is 8.47. The number of carbonyl (C=O) groups excluding carboxylic acids is 3. The number of aromatic nitrogens is 2. The van der Waals surface area contributed by atoms with Crippen LogP contribution in [0.15, 0.2) is 125 Å². The summed E-state index contributed by atoms with van der Waals surface area (Å²) in [5.41, 5.74) is 2.81. The SMILES string of the molecule is CCC(Sc1cccc(NC(=O)/C(=C\c2ccc(Cl)cc2)NC(=O)c2ccccc2)c1)C(=O)Nc1c(C)n(C)n(-c2ccccc2)c1=O. The first-order chi connectivity index (χ1) is 23.1. The lowest BCUT2D eigenvalue weighted by Crippen LogP contribution is -2.30. The van der Waals surface area contributed by atoms with Gasteiger partial charge in [0.05, 0.1) is 16.6 Å². The van der Waals surface area contributed by atoms with E-state index < -0.39 is 17.1 Å². The average Bonchev–Trinajstić information content (AvgIpc) is 3.31. The minimum Gasteiger partial charge on any atom is -0.321 e. The molecule has 0 spiro atoms. The molecule has 3 N–H and O–H groups in total. The number of nitrogens with one attached hydrogen (secondary N) is 3. The zero-order chi connectivity index (χ0) is 34.2. The Balaban J connectivity index is 1.32. The quantitative estimate of drug-likeness (QED) is 0.102. The Morgan fingerprint density at radius 3 is 2.21 bits per heavy atom. The molecule has 0 aliphatic heterocycles. The number of halogens is 1. The highest BCUT2D eigenvalue weighted by molar-refractivity contribution is 8.00. The lowest BCUT2D eigenvalue weighted by Gasteiger charge is -2.15. The summed E-state index contributed by atoms with van der Waals surface area (Å²) in [6, 6.07) is 31.8. The monoisotopic (exact) mass is 679 g/mol. The van der Waals surface area contributed by atoms with Gasteiger partial charge in [-0.15, -0.1) is 11.8 Å². The molecular weight excluding hydrogens is 646 g/mol. The molecule has 5 aromatic rings. The van der Waals surface area contributed by atoms with Crippen LogP contribution in [0, 0.1) is 6.92 Å². The largest absolute Gasteiger partial charge is 0.321 e. The van der Waals surface area contributed by atoms with E-state index in [4.69, 9.17) is 11.6 Å². The van der Waals surface area contributed by atoms with Gasteiger partial charge in [-0.2, -0.15) is 0 Å². The topological polar surface area (TPSA) is 114 Å². The molecular formula is C37H34ClN5O4S. The molecule has 1 unspecified atom stereocenters. The van der Waals surface area contributed by atoms with Crippen molar-refractivity contribution < 1.29 is 14.4 Å². The van der Waals surface area contributed by atoms with E-state index >= 15 is 0 Å². The van der Waals surface area contributed by atoms with E-state index in [0.717, 1.165) is 4.90 Å². The summed E-state index contributed by atoms with van der Waals surface area (Å²) in [5.74, 6) is -1.27. The van der Waals surface area contributed by atoms with Gasteiger partial charge in [0.15, 0.2) is 0 Å². The van der Waals surface area contributed by atoms with Gasteiger partial charge in [0.2, 0.25) is 5.91 Å². The van der Waals surface area contributed by atoms with E-state index in [0.29, 0.717) is 39.6 Å². The van der Waals surface area contributed by atoms with Gasteiger partial charge in [-0.05, 0) is 79.6 Å². The Hall–Kier alpha value is -5.32. The maximum Gasteiger partial charge on any atom is 0.295 e. The molecule has 0 saturated heterocycles. The first-order valence-electron chi connectivity index (χ1n) is 15.2. The summed E-state index contributed by atoms with van der Waals surface area (Å²) in [6.45, 7) is 3.68. The number of para-hydroxylation sites is 1. The normalized spacial score (nSPS) is 11.9. The van der Waals surface area contributed by atoms with E-state index in [-0.39, 0.29) is 22.9 Å². The van der Waals surface area contributed by atoms with Gasteiger partial charge in [-0.3, -0.25) is 23.9 Å². The first kappa shape index (κ1) is 34.0. The number of amides is 3. The summed E-state index contributed by atoms with van der Waals surface area (Å²) >= 11 is 7.36. The van der Waals surface area contributed by atoms with Crippen molar-refractivity contribution in [3.63, 3.8) is 0 Å². The van der Waals surface area contributed by atoms with Crippen molar-refractivity contribution in [1.29, 1.82) is 0 Å². The smallest absolute Gasteiger partial charge is 0.295 e. The van der Waals surface area contributed by atoms with Crippen LogP contribution in [-0.2, 0) is 16.6 Å². The van der Waals surface area contributed by atoms with E-state index in [1.165, 1.54) is 16.4 Å². The number of hydrogen-bond donors (Lipinski definition) is 3. The maximum absolute atomic E-state index is 13.5. The van der Waals surface area contributed by atoms with Crippen molar-refractivity contribution in [2.45, 2.75) is 30.4 Å². The third-order valence-electron chi connectivity index (χ3n) is 7.55. The third kappa shape index (κ3) is 8.14. The van der Waals surface area contributed by atoms with Crippen molar-refractivity contribution in [3.8, 4) is 5.69 Å². The molecule has 244 valence electrons. The van der Waals surface area contributed by atoms with Crippen LogP contribution < -0.4 is 21.5 Å². The maximum atomic E-state index is 13.5. The number of carbonyl (C=O) groups is 3. The fourth-order valence-corrected chi connectivity index (χ4v) is 6.06. The van der Waals surface area contributed by atoms with Gasteiger partial charge >= 0.3 is 0 Å². The lowest BCUT2D eigenvalue weighted by molar-refractivity contribution is -0.116. The molecule has 11 heteroatoms. The molecule has 1 heterocycles. The first-order valence-corrected chi connectivity index (χ1v) is 16.5. The molecule has 0 fully saturated rings. The molecule has 1 aromatic heterocycles. The van der Waals surface area contributed by atoms with Crippen molar-refractivity contribution in [3.05, 3.63) is 147 Å². The van der Waals surface area contributed by atoms with Gasteiger partial charge in [0, 0.05) is 28.2 Å². The molecule has 0 aliphatic carbocycles. The van der Waals surface area contributed by atoms with Crippen LogP contribution in [0.2, 0.25) is 5.02 Å². The van der Waals surface area contributed by atoms with Gasteiger partial charge in [0.1, 0.15) is 11.4 Å². The molecule has 48 heavy (non-hydrogen) atoms. The van der Waals surface area contributed by atoms with E-state index in [1.807, 2.05) is 43.3 Å². The molecule has 0 radical (unpaired) electrons. The summed E-state index contributed by atoms with van der Waals surface area (Å²) in [4.78, 5) is 54.0. The van der Waals surface area contributed by atoms with Gasteiger partial charge in [-0.1, -0.05) is 73.1 Å². The zero-order valence-corrected chi connectivity index (χ0v) is 28.1. The van der Waals surface area contributed by atoms with Gasteiger partial charge < -0.3 is 16.0 Å². The predicted molar refractivity (Wildman–Crippen MR) is 193 cm³/mol. The Kier molecular flexibility index (Phi) is 11.0. The minimum atomic E-state index is -0.532. The van der Waals surface area contributed by atoms with Crippen LogP contribution in [0.5, 0.6) is 0 Å². The van der Waals surface area contributed by atoms with E-state index in [2.05, 4.69) is 16.0 Å². The van der Waals surface area contributed by atoms with Crippen LogP contribution in [0.3, 0.4) is 0 Å². The fourth-order valence-electron chi connectivity index (χ4n) is 4.92. The van der Waals surface area contributed by atoms with Gasteiger partial charge in [0.25, 0.3) is 17.4 Å². The number of hydrogen-bond acceptors (Lipinski definition) is 5. The molecule has 0 saturated carbocycles. The molecule has 4 aromatic carbocycles. The average molecular weight is 680 g/mol. The van der Waals surface area contributed by atoms with Crippen molar-refractivity contribution in [2.75, 3.05) is 10.6 Å². The Morgan fingerprint density at radius 2 is 1.54 bits per heavy atom. The molecule has 1 atom stereocenters. The van der Waals surface area contributed by atoms with Crippen LogP contribution in [0.4, 0.5) is 11.4 Å². The Morgan fingerprint density at radius 1 is 0.875 bits per heavy atom. The highest BCUT2D eigenvalue weighted by atomic mass is 35.5. The number of rotatable bonds is 11. The van der Waals surface area contributed by atoms with Crippen LogP contribution >= 0.6 is 23.4 Å². The summed E-state index contributed by atoms with van der Waals surface area (Å²) in [7, 11) is 1.77. The number of anilines is 2.